The molecule has 2 unspecified atom stereocenters. The summed E-state index contributed by atoms with van der Waals surface area (Å²) in [6, 6.07) is 0.552. The molecule has 1 aliphatic rings. The summed E-state index contributed by atoms with van der Waals surface area (Å²) in [5, 5.41) is 0. The standard InChI is InChI=1S/C11H22ClNOS/c1-3-15-6-4-5-13-8-11(7-12)14-9-10(13)2/h10-11H,3-9H2,1-2H3. The van der Waals surface area contributed by atoms with Crippen LogP contribution in [0.1, 0.15) is 20.3 Å². The normalized spacial score (nSPS) is 28.2. The summed E-state index contributed by atoms with van der Waals surface area (Å²) >= 11 is 7.84. The number of morpholine rings is 1. The van der Waals surface area contributed by atoms with Crippen LogP contribution in [0.2, 0.25) is 0 Å². The molecule has 0 saturated carbocycles. The van der Waals surface area contributed by atoms with Gasteiger partial charge in [0.2, 0.25) is 0 Å². The Morgan fingerprint density at radius 2 is 2.33 bits per heavy atom. The van der Waals surface area contributed by atoms with Gasteiger partial charge in [-0.3, -0.25) is 4.90 Å². The number of halogens is 1. The molecule has 1 rings (SSSR count). The van der Waals surface area contributed by atoms with E-state index in [4.69, 9.17) is 16.3 Å². The maximum absolute atomic E-state index is 5.82. The summed E-state index contributed by atoms with van der Waals surface area (Å²) in [5.41, 5.74) is 0. The summed E-state index contributed by atoms with van der Waals surface area (Å²) in [5.74, 6) is 3.11. The van der Waals surface area contributed by atoms with E-state index in [1.54, 1.807) is 0 Å². The molecule has 0 bridgehead atoms. The van der Waals surface area contributed by atoms with Crippen molar-refractivity contribution in [1.82, 2.24) is 4.90 Å². The van der Waals surface area contributed by atoms with Crippen LogP contribution in [-0.4, -0.2) is 54.1 Å². The zero-order valence-corrected chi connectivity index (χ0v) is 11.3. The van der Waals surface area contributed by atoms with E-state index in [0.717, 1.165) is 13.2 Å². The summed E-state index contributed by atoms with van der Waals surface area (Å²) in [7, 11) is 0. The fourth-order valence-electron chi connectivity index (χ4n) is 1.79. The Morgan fingerprint density at radius 1 is 1.53 bits per heavy atom. The van der Waals surface area contributed by atoms with Crippen molar-refractivity contribution in [3.05, 3.63) is 0 Å². The molecule has 0 aromatic carbocycles. The molecule has 0 aromatic rings. The van der Waals surface area contributed by atoms with Crippen molar-refractivity contribution >= 4 is 23.4 Å². The second kappa shape index (κ2) is 7.77. The fraction of sp³-hybridized carbons (Fsp3) is 1.00. The Morgan fingerprint density at radius 3 is 3.00 bits per heavy atom. The quantitative estimate of drug-likeness (QED) is 0.532. The van der Waals surface area contributed by atoms with Crippen molar-refractivity contribution in [2.75, 3.05) is 37.1 Å². The number of hydrogen-bond acceptors (Lipinski definition) is 3. The minimum absolute atomic E-state index is 0.238. The molecule has 2 atom stereocenters. The molecule has 0 aliphatic carbocycles. The van der Waals surface area contributed by atoms with Crippen LogP contribution >= 0.6 is 23.4 Å². The molecule has 2 nitrogen and oxygen atoms in total. The molecule has 15 heavy (non-hydrogen) atoms. The minimum atomic E-state index is 0.238. The topological polar surface area (TPSA) is 12.5 Å². The van der Waals surface area contributed by atoms with E-state index in [9.17, 15) is 0 Å². The van der Waals surface area contributed by atoms with E-state index in [-0.39, 0.29) is 6.10 Å². The number of thioether (sulfide) groups is 1. The zero-order valence-electron chi connectivity index (χ0n) is 9.75. The van der Waals surface area contributed by atoms with Crippen LogP contribution in [0.15, 0.2) is 0 Å². The number of nitrogens with zero attached hydrogens (tertiary/aromatic N) is 1. The van der Waals surface area contributed by atoms with Crippen LogP contribution in [0.3, 0.4) is 0 Å². The lowest BCUT2D eigenvalue weighted by Crippen LogP contribution is -2.49. The summed E-state index contributed by atoms with van der Waals surface area (Å²) < 4.78 is 5.62. The largest absolute Gasteiger partial charge is 0.374 e. The fourth-order valence-corrected chi connectivity index (χ4v) is 2.60. The smallest absolute Gasteiger partial charge is 0.0837 e. The molecule has 0 spiro atoms. The van der Waals surface area contributed by atoms with Crippen molar-refractivity contribution in [2.24, 2.45) is 0 Å². The van der Waals surface area contributed by atoms with E-state index in [1.807, 2.05) is 11.8 Å². The molecule has 1 aliphatic heterocycles. The lowest BCUT2D eigenvalue weighted by atomic mass is 10.2. The van der Waals surface area contributed by atoms with Crippen LogP contribution in [0.5, 0.6) is 0 Å². The highest BCUT2D eigenvalue weighted by Gasteiger charge is 2.24. The van der Waals surface area contributed by atoms with E-state index in [1.165, 1.54) is 24.5 Å². The lowest BCUT2D eigenvalue weighted by Gasteiger charge is -2.37. The van der Waals surface area contributed by atoms with Crippen molar-refractivity contribution in [3.8, 4) is 0 Å². The van der Waals surface area contributed by atoms with Crippen molar-refractivity contribution in [2.45, 2.75) is 32.4 Å². The highest BCUT2D eigenvalue weighted by atomic mass is 35.5. The zero-order chi connectivity index (χ0) is 11.1. The van der Waals surface area contributed by atoms with E-state index in [0.29, 0.717) is 11.9 Å². The van der Waals surface area contributed by atoms with Crippen LogP contribution in [0, 0.1) is 0 Å². The molecule has 1 heterocycles. The van der Waals surface area contributed by atoms with Gasteiger partial charge in [-0.1, -0.05) is 6.92 Å². The molecular weight excluding hydrogens is 230 g/mol. The van der Waals surface area contributed by atoms with E-state index >= 15 is 0 Å². The maximum Gasteiger partial charge on any atom is 0.0837 e. The third kappa shape index (κ3) is 4.94. The predicted molar refractivity (Wildman–Crippen MR) is 69.1 cm³/mol. The Bertz CT molecular complexity index is 171. The molecule has 4 heteroatoms. The monoisotopic (exact) mass is 251 g/mol. The molecule has 0 aromatic heterocycles. The number of ether oxygens (including phenoxy) is 1. The minimum Gasteiger partial charge on any atom is -0.374 e. The van der Waals surface area contributed by atoms with Crippen LogP contribution in [0.4, 0.5) is 0 Å². The van der Waals surface area contributed by atoms with Gasteiger partial charge < -0.3 is 4.74 Å². The molecule has 0 N–H and O–H groups in total. The van der Waals surface area contributed by atoms with Gasteiger partial charge in [0, 0.05) is 18.5 Å². The van der Waals surface area contributed by atoms with Gasteiger partial charge in [-0.2, -0.15) is 11.8 Å². The van der Waals surface area contributed by atoms with Crippen LogP contribution in [-0.2, 0) is 4.74 Å². The first kappa shape index (κ1) is 13.6. The van der Waals surface area contributed by atoms with Gasteiger partial charge in [-0.05, 0) is 31.4 Å². The van der Waals surface area contributed by atoms with Gasteiger partial charge in [0.25, 0.3) is 0 Å². The van der Waals surface area contributed by atoms with Crippen LogP contribution in [0.25, 0.3) is 0 Å². The Hall–Kier alpha value is 0.560. The van der Waals surface area contributed by atoms with E-state index < -0.39 is 0 Å². The van der Waals surface area contributed by atoms with E-state index in [2.05, 4.69) is 18.7 Å². The molecule has 1 fully saturated rings. The van der Waals surface area contributed by atoms with Crippen molar-refractivity contribution < 1.29 is 4.74 Å². The molecule has 0 radical (unpaired) electrons. The summed E-state index contributed by atoms with van der Waals surface area (Å²) in [4.78, 5) is 2.51. The van der Waals surface area contributed by atoms with Crippen molar-refractivity contribution in [3.63, 3.8) is 0 Å². The maximum atomic E-state index is 5.82. The summed E-state index contributed by atoms with van der Waals surface area (Å²) in [6.07, 6.45) is 1.51. The molecule has 1 saturated heterocycles. The summed E-state index contributed by atoms with van der Waals surface area (Å²) in [6.45, 7) is 7.47. The SMILES string of the molecule is CCSCCCN1CC(CCl)OCC1C. The lowest BCUT2D eigenvalue weighted by molar-refractivity contribution is -0.0473. The van der Waals surface area contributed by atoms with Gasteiger partial charge in [0.1, 0.15) is 0 Å². The Kier molecular flexibility index (Phi) is 7.06. The van der Waals surface area contributed by atoms with Gasteiger partial charge in [-0.15, -0.1) is 11.6 Å². The number of hydrogen-bond donors (Lipinski definition) is 0. The average molecular weight is 252 g/mol. The first-order valence-electron chi connectivity index (χ1n) is 5.77. The average Bonchev–Trinajstić information content (AvgIpc) is 2.26. The highest BCUT2D eigenvalue weighted by molar-refractivity contribution is 7.99. The highest BCUT2D eigenvalue weighted by Crippen LogP contribution is 2.13. The van der Waals surface area contributed by atoms with Crippen molar-refractivity contribution in [1.29, 1.82) is 0 Å². The van der Waals surface area contributed by atoms with Gasteiger partial charge in [0.15, 0.2) is 0 Å². The second-order valence-corrected chi connectivity index (χ2v) is 5.71. The van der Waals surface area contributed by atoms with Gasteiger partial charge >= 0.3 is 0 Å². The first-order chi connectivity index (χ1) is 7.27. The Balaban J connectivity index is 2.19. The van der Waals surface area contributed by atoms with Crippen LogP contribution < -0.4 is 0 Å². The molecule has 90 valence electrons. The number of alkyl halides is 1. The first-order valence-corrected chi connectivity index (χ1v) is 7.46. The third-order valence-electron chi connectivity index (χ3n) is 2.74. The predicted octanol–water partition coefficient (Wildman–Crippen LogP) is 2.46. The Labute approximate surface area is 103 Å². The number of rotatable bonds is 6. The van der Waals surface area contributed by atoms with Gasteiger partial charge in [-0.25, -0.2) is 0 Å². The molecular formula is C11H22ClNOS. The third-order valence-corrected chi connectivity index (χ3v) is 4.07. The second-order valence-electron chi connectivity index (χ2n) is 4.00. The van der Waals surface area contributed by atoms with Gasteiger partial charge in [0.05, 0.1) is 12.7 Å². The molecule has 0 amide bonds.